The highest BCUT2D eigenvalue weighted by molar-refractivity contribution is 5.44. The van der Waals surface area contributed by atoms with Gasteiger partial charge in [-0.05, 0) is 37.1 Å². The summed E-state index contributed by atoms with van der Waals surface area (Å²) in [6.45, 7) is 4.51. The third-order valence-corrected chi connectivity index (χ3v) is 2.98. The van der Waals surface area contributed by atoms with Crippen LogP contribution in [-0.2, 0) is 0 Å². The molecule has 1 N–H and O–H groups in total. The molecule has 2 rings (SSSR count). The van der Waals surface area contributed by atoms with Gasteiger partial charge in [0.1, 0.15) is 13.2 Å². The van der Waals surface area contributed by atoms with Gasteiger partial charge in [0, 0.05) is 6.54 Å². The van der Waals surface area contributed by atoms with Crippen LogP contribution in [0.1, 0.15) is 24.8 Å². The Kier molecular flexibility index (Phi) is 3.67. The van der Waals surface area contributed by atoms with Gasteiger partial charge in [0.25, 0.3) is 0 Å². The van der Waals surface area contributed by atoms with E-state index in [0.717, 1.165) is 24.5 Å². The van der Waals surface area contributed by atoms with Gasteiger partial charge in [0.05, 0.1) is 0 Å². The van der Waals surface area contributed by atoms with E-state index in [1.807, 2.05) is 13.1 Å². The molecule has 1 aromatic rings. The van der Waals surface area contributed by atoms with Crippen molar-refractivity contribution in [1.82, 2.24) is 5.32 Å². The van der Waals surface area contributed by atoms with E-state index < -0.39 is 0 Å². The predicted molar refractivity (Wildman–Crippen MR) is 64.4 cm³/mol. The quantitative estimate of drug-likeness (QED) is 0.845. The fraction of sp³-hybridized carbons (Fsp3) is 0.538. The molecule has 3 nitrogen and oxygen atoms in total. The minimum Gasteiger partial charge on any atom is -0.486 e. The second kappa shape index (κ2) is 5.21. The molecule has 1 unspecified atom stereocenters. The maximum absolute atomic E-state index is 5.59. The van der Waals surface area contributed by atoms with Gasteiger partial charge < -0.3 is 14.8 Å². The van der Waals surface area contributed by atoms with Crippen molar-refractivity contribution < 1.29 is 9.47 Å². The van der Waals surface area contributed by atoms with Crippen LogP contribution < -0.4 is 14.8 Å². The van der Waals surface area contributed by atoms with E-state index in [2.05, 4.69) is 24.4 Å². The number of rotatable bonds is 4. The summed E-state index contributed by atoms with van der Waals surface area (Å²) in [5.41, 5.74) is 1.32. The molecule has 1 atom stereocenters. The van der Waals surface area contributed by atoms with Crippen molar-refractivity contribution in [3.63, 3.8) is 0 Å². The van der Waals surface area contributed by atoms with Crippen molar-refractivity contribution in [2.45, 2.75) is 19.3 Å². The van der Waals surface area contributed by atoms with Gasteiger partial charge in [-0.1, -0.05) is 13.0 Å². The van der Waals surface area contributed by atoms with E-state index in [-0.39, 0.29) is 0 Å². The van der Waals surface area contributed by atoms with Crippen molar-refractivity contribution >= 4 is 0 Å². The first-order valence-electron chi connectivity index (χ1n) is 5.89. The van der Waals surface area contributed by atoms with Gasteiger partial charge in [0.2, 0.25) is 0 Å². The molecule has 0 radical (unpaired) electrons. The van der Waals surface area contributed by atoms with Crippen LogP contribution in [0.15, 0.2) is 18.2 Å². The molecular formula is C13H19NO2. The lowest BCUT2D eigenvalue weighted by Gasteiger charge is -2.21. The van der Waals surface area contributed by atoms with E-state index in [9.17, 15) is 0 Å². The van der Waals surface area contributed by atoms with E-state index >= 15 is 0 Å². The number of benzene rings is 1. The summed E-state index contributed by atoms with van der Waals surface area (Å²) in [4.78, 5) is 0. The second-order valence-electron chi connectivity index (χ2n) is 4.07. The first-order chi connectivity index (χ1) is 7.85. The van der Waals surface area contributed by atoms with Gasteiger partial charge in [-0.3, -0.25) is 0 Å². The van der Waals surface area contributed by atoms with E-state index in [1.165, 1.54) is 5.56 Å². The van der Waals surface area contributed by atoms with E-state index in [0.29, 0.717) is 19.1 Å². The minimum atomic E-state index is 0.542. The molecule has 1 heterocycles. The van der Waals surface area contributed by atoms with E-state index in [4.69, 9.17) is 9.47 Å². The molecule has 0 aromatic heterocycles. The minimum absolute atomic E-state index is 0.542. The average Bonchev–Trinajstić information content (AvgIpc) is 2.35. The van der Waals surface area contributed by atoms with Crippen molar-refractivity contribution in [3.8, 4) is 11.5 Å². The van der Waals surface area contributed by atoms with Crippen LogP contribution in [0.4, 0.5) is 0 Å². The molecule has 16 heavy (non-hydrogen) atoms. The van der Waals surface area contributed by atoms with Crippen LogP contribution >= 0.6 is 0 Å². The fourth-order valence-electron chi connectivity index (χ4n) is 2.06. The molecule has 0 amide bonds. The topological polar surface area (TPSA) is 30.5 Å². The lowest BCUT2D eigenvalue weighted by Crippen LogP contribution is -2.18. The Bertz CT molecular complexity index is 352. The molecule has 1 aliphatic heterocycles. The Morgan fingerprint density at radius 2 is 2.00 bits per heavy atom. The number of ether oxygens (including phenoxy) is 2. The molecule has 3 heteroatoms. The Balaban J connectivity index is 2.21. The highest BCUT2D eigenvalue weighted by atomic mass is 16.6. The zero-order valence-electron chi connectivity index (χ0n) is 9.95. The molecule has 0 fully saturated rings. The zero-order chi connectivity index (χ0) is 11.4. The SMILES string of the molecule is CCC(CNC)c1ccc2c(c1)OCCO2. The van der Waals surface area contributed by atoms with E-state index in [1.54, 1.807) is 0 Å². The van der Waals surface area contributed by atoms with Crippen LogP contribution in [0.3, 0.4) is 0 Å². The standard InChI is InChI=1S/C13H19NO2/c1-3-10(9-14-2)11-4-5-12-13(8-11)16-7-6-15-12/h4-5,8,10,14H,3,6-7,9H2,1-2H3. The van der Waals surface area contributed by atoms with Crippen LogP contribution in [0.2, 0.25) is 0 Å². The third kappa shape index (κ3) is 2.30. The Hall–Kier alpha value is -1.22. The van der Waals surface area contributed by atoms with Gasteiger partial charge in [-0.2, -0.15) is 0 Å². The van der Waals surface area contributed by atoms with Gasteiger partial charge in [0.15, 0.2) is 11.5 Å². The summed E-state index contributed by atoms with van der Waals surface area (Å²) in [6, 6.07) is 6.27. The molecule has 0 saturated heterocycles. The maximum atomic E-state index is 5.59. The highest BCUT2D eigenvalue weighted by Gasteiger charge is 2.15. The lowest BCUT2D eigenvalue weighted by atomic mass is 9.96. The smallest absolute Gasteiger partial charge is 0.161 e. The largest absolute Gasteiger partial charge is 0.486 e. The van der Waals surface area contributed by atoms with Gasteiger partial charge >= 0.3 is 0 Å². The average molecular weight is 221 g/mol. The molecule has 1 aromatic carbocycles. The number of fused-ring (bicyclic) bond motifs is 1. The number of hydrogen-bond donors (Lipinski definition) is 1. The predicted octanol–water partition coefficient (Wildman–Crippen LogP) is 2.17. The molecule has 0 aliphatic carbocycles. The van der Waals surface area contributed by atoms with Crippen molar-refractivity contribution in [1.29, 1.82) is 0 Å². The van der Waals surface area contributed by atoms with Crippen LogP contribution in [0.5, 0.6) is 11.5 Å². The summed E-state index contributed by atoms with van der Waals surface area (Å²) in [5, 5.41) is 3.23. The lowest BCUT2D eigenvalue weighted by molar-refractivity contribution is 0.171. The molecule has 0 bridgehead atoms. The number of hydrogen-bond acceptors (Lipinski definition) is 3. The van der Waals surface area contributed by atoms with Crippen molar-refractivity contribution in [3.05, 3.63) is 23.8 Å². The molecule has 1 aliphatic rings. The van der Waals surface area contributed by atoms with Crippen LogP contribution in [-0.4, -0.2) is 26.8 Å². The number of nitrogens with one attached hydrogen (secondary N) is 1. The highest BCUT2D eigenvalue weighted by Crippen LogP contribution is 2.33. The number of likely N-dealkylation sites (N-methyl/N-ethyl adjacent to an activating group) is 1. The second-order valence-corrected chi connectivity index (χ2v) is 4.07. The Morgan fingerprint density at radius 3 is 2.69 bits per heavy atom. The molecule has 88 valence electrons. The molecule has 0 spiro atoms. The Morgan fingerprint density at radius 1 is 1.25 bits per heavy atom. The monoisotopic (exact) mass is 221 g/mol. The summed E-state index contributed by atoms with van der Waals surface area (Å²) in [7, 11) is 1.99. The fourth-order valence-corrected chi connectivity index (χ4v) is 2.06. The summed E-state index contributed by atoms with van der Waals surface area (Å²) in [6.07, 6.45) is 1.13. The normalized spacial score (nSPS) is 15.9. The van der Waals surface area contributed by atoms with Crippen LogP contribution in [0, 0.1) is 0 Å². The van der Waals surface area contributed by atoms with Crippen LogP contribution in [0.25, 0.3) is 0 Å². The third-order valence-electron chi connectivity index (χ3n) is 2.98. The first kappa shape index (κ1) is 11.3. The molecular weight excluding hydrogens is 202 g/mol. The summed E-state index contributed by atoms with van der Waals surface area (Å²) >= 11 is 0. The molecule has 0 saturated carbocycles. The summed E-state index contributed by atoms with van der Waals surface area (Å²) in [5.74, 6) is 2.30. The van der Waals surface area contributed by atoms with Gasteiger partial charge in [-0.25, -0.2) is 0 Å². The summed E-state index contributed by atoms with van der Waals surface area (Å²) < 4.78 is 11.1. The Labute approximate surface area is 96.8 Å². The maximum Gasteiger partial charge on any atom is 0.161 e. The zero-order valence-corrected chi connectivity index (χ0v) is 9.95. The van der Waals surface area contributed by atoms with Crippen molar-refractivity contribution in [2.75, 3.05) is 26.8 Å². The van der Waals surface area contributed by atoms with Gasteiger partial charge in [-0.15, -0.1) is 0 Å². The van der Waals surface area contributed by atoms with Crippen molar-refractivity contribution in [2.24, 2.45) is 0 Å². The first-order valence-corrected chi connectivity index (χ1v) is 5.89.